The Morgan fingerprint density at radius 1 is 1.32 bits per heavy atom. The van der Waals surface area contributed by atoms with E-state index in [9.17, 15) is 19.5 Å². The molecule has 4 rings (SSSR count). The lowest BCUT2D eigenvalue weighted by atomic mass is 9.71. The Morgan fingerprint density at radius 3 is 2.68 bits per heavy atom. The first kappa shape index (κ1) is 28.2. The summed E-state index contributed by atoms with van der Waals surface area (Å²) >= 11 is 5.36. The number of nitrogens with zero attached hydrogens (tertiary/aromatic N) is 2. The summed E-state index contributed by atoms with van der Waals surface area (Å²) in [7, 11) is 0. The molecule has 2 amide bonds. The summed E-state index contributed by atoms with van der Waals surface area (Å²) in [4.78, 5) is 45.3. The number of benzene rings is 1. The number of fused-ring (bicyclic) bond motifs is 1. The van der Waals surface area contributed by atoms with E-state index < -0.39 is 28.7 Å². The van der Waals surface area contributed by atoms with E-state index in [4.69, 9.17) is 4.74 Å². The monoisotopic (exact) mass is 592 g/mol. The van der Waals surface area contributed by atoms with E-state index in [0.717, 1.165) is 24.8 Å². The molecule has 7 atom stereocenters. The SMILES string of the molecule is C=CCN(CCCCC)C(=O)C1N([C@H](CO)c2ccccc2)C(=O)[C@@H]2[C@H](C(=O)OCC)[C@H]3SC12CC3Br. The highest BCUT2D eigenvalue weighted by molar-refractivity contribution is 9.09. The van der Waals surface area contributed by atoms with Crippen LogP contribution in [0.15, 0.2) is 43.0 Å². The fourth-order valence-electron chi connectivity index (χ4n) is 6.39. The summed E-state index contributed by atoms with van der Waals surface area (Å²) in [5, 5.41) is 10.4. The van der Waals surface area contributed by atoms with Crippen LogP contribution < -0.4 is 0 Å². The Bertz CT molecular complexity index is 1010. The summed E-state index contributed by atoms with van der Waals surface area (Å²) in [6, 6.07) is 7.83. The molecule has 2 bridgehead atoms. The summed E-state index contributed by atoms with van der Waals surface area (Å²) in [6.07, 6.45) is 5.19. The molecular formula is C28H37BrN2O5S. The minimum absolute atomic E-state index is 0.0246. The highest BCUT2D eigenvalue weighted by Gasteiger charge is 2.76. The maximum Gasteiger partial charge on any atom is 0.310 e. The number of amides is 2. The fourth-order valence-corrected chi connectivity index (χ4v) is 9.97. The molecule has 3 aliphatic heterocycles. The number of esters is 1. The van der Waals surface area contributed by atoms with Crippen molar-refractivity contribution in [1.82, 2.24) is 9.80 Å². The van der Waals surface area contributed by atoms with Gasteiger partial charge in [-0.05, 0) is 25.3 Å². The van der Waals surface area contributed by atoms with Crippen LogP contribution in [0.1, 0.15) is 51.1 Å². The van der Waals surface area contributed by atoms with Crippen LogP contribution in [0.5, 0.6) is 0 Å². The second-order valence-corrected chi connectivity index (χ2v) is 12.8. The second kappa shape index (κ2) is 11.9. The predicted octanol–water partition coefficient (Wildman–Crippen LogP) is 3.95. The first-order valence-corrected chi connectivity index (χ1v) is 15.0. The van der Waals surface area contributed by atoms with Crippen molar-refractivity contribution in [3.63, 3.8) is 0 Å². The number of aliphatic hydroxyl groups is 1. The lowest BCUT2D eigenvalue weighted by Gasteiger charge is -2.40. The Hall–Kier alpha value is -1.84. The highest BCUT2D eigenvalue weighted by atomic mass is 79.9. The van der Waals surface area contributed by atoms with Gasteiger partial charge in [-0.2, -0.15) is 0 Å². The first-order chi connectivity index (χ1) is 17.9. The summed E-state index contributed by atoms with van der Waals surface area (Å²) < 4.78 is 4.65. The summed E-state index contributed by atoms with van der Waals surface area (Å²) in [5.74, 6) is -2.09. The van der Waals surface area contributed by atoms with Gasteiger partial charge in [-0.1, -0.05) is 72.1 Å². The highest BCUT2D eigenvalue weighted by Crippen LogP contribution is 2.68. The number of unbranched alkanes of at least 4 members (excludes halogenated alkanes) is 2. The number of carbonyl (C=O) groups is 3. The summed E-state index contributed by atoms with van der Waals surface area (Å²) in [6.45, 7) is 8.59. The van der Waals surface area contributed by atoms with Crippen molar-refractivity contribution in [2.24, 2.45) is 11.8 Å². The third-order valence-electron chi connectivity index (χ3n) is 7.91. The van der Waals surface area contributed by atoms with Crippen molar-refractivity contribution in [3.8, 4) is 0 Å². The average Bonchev–Trinajstić information content (AvgIpc) is 3.48. The van der Waals surface area contributed by atoms with Crippen molar-refractivity contribution in [2.75, 3.05) is 26.3 Å². The van der Waals surface area contributed by atoms with Crippen molar-refractivity contribution < 1.29 is 24.2 Å². The number of hydrogen-bond acceptors (Lipinski definition) is 6. The minimum atomic E-state index is -0.807. The van der Waals surface area contributed by atoms with Gasteiger partial charge in [0.1, 0.15) is 6.04 Å². The van der Waals surface area contributed by atoms with Crippen LogP contribution in [-0.4, -0.2) is 79.9 Å². The van der Waals surface area contributed by atoms with Crippen LogP contribution in [0.2, 0.25) is 0 Å². The van der Waals surface area contributed by atoms with Gasteiger partial charge in [-0.25, -0.2) is 0 Å². The van der Waals surface area contributed by atoms with Gasteiger partial charge in [0, 0.05) is 23.2 Å². The molecule has 1 spiro atoms. The third kappa shape index (κ3) is 4.87. The van der Waals surface area contributed by atoms with Crippen LogP contribution in [0.25, 0.3) is 0 Å². The quantitative estimate of drug-likeness (QED) is 0.171. The lowest BCUT2D eigenvalue weighted by Crippen LogP contribution is -2.56. The third-order valence-corrected chi connectivity index (χ3v) is 11.1. The van der Waals surface area contributed by atoms with Crippen LogP contribution in [-0.2, 0) is 19.1 Å². The molecule has 9 heteroatoms. The molecule has 0 aromatic heterocycles. The molecule has 1 aromatic carbocycles. The molecule has 7 nitrogen and oxygen atoms in total. The fraction of sp³-hybridized carbons (Fsp3) is 0.607. The number of thioether (sulfide) groups is 1. The Morgan fingerprint density at radius 2 is 2.05 bits per heavy atom. The molecule has 3 fully saturated rings. The number of carbonyl (C=O) groups excluding carboxylic acids is 3. The number of likely N-dealkylation sites (tertiary alicyclic amines) is 1. The van der Waals surface area contributed by atoms with Gasteiger partial charge in [-0.15, -0.1) is 18.3 Å². The number of rotatable bonds is 12. The van der Waals surface area contributed by atoms with Gasteiger partial charge < -0.3 is 19.6 Å². The van der Waals surface area contributed by atoms with E-state index in [1.807, 2.05) is 30.3 Å². The van der Waals surface area contributed by atoms with E-state index in [1.54, 1.807) is 34.6 Å². The van der Waals surface area contributed by atoms with E-state index in [2.05, 4.69) is 29.4 Å². The van der Waals surface area contributed by atoms with E-state index in [-0.39, 0.29) is 41.1 Å². The van der Waals surface area contributed by atoms with E-state index in [0.29, 0.717) is 19.5 Å². The van der Waals surface area contributed by atoms with Crippen molar-refractivity contribution in [2.45, 2.75) is 66.4 Å². The second-order valence-electron chi connectivity index (χ2n) is 10.1. The van der Waals surface area contributed by atoms with Crippen LogP contribution in [0.4, 0.5) is 0 Å². The molecule has 1 N–H and O–H groups in total. The molecule has 1 aromatic rings. The number of alkyl halides is 1. The zero-order valence-corrected chi connectivity index (χ0v) is 24.0. The molecule has 0 radical (unpaired) electrons. The minimum Gasteiger partial charge on any atom is -0.466 e. The summed E-state index contributed by atoms with van der Waals surface area (Å²) in [5.41, 5.74) is 0.761. The Labute approximate surface area is 232 Å². The van der Waals surface area contributed by atoms with E-state index >= 15 is 0 Å². The molecule has 3 saturated heterocycles. The molecule has 0 aliphatic carbocycles. The van der Waals surface area contributed by atoms with Crippen LogP contribution >= 0.6 is 27.7 Å². The topological polar surface area (TPSA) is 87.2 Å². The number of ether oxygens (including phenoxy) is 1. The molecular weight excluding hydrogens is 556 g/mol. The smallest absolute Gasteiger partial charge is 0.310 e. The average molecular weight is 594 g/mol. The van der Waals surface area contributed by atoms with Crippen molar-refractivity contribution in [3.05, 3.63) is 48.6 Å². The van der Waals surface area contributed by atoms with Gasteiger partial charge in [0.2, 0.25) is 11.8 Å². The van der Waals surface area contributed by atoms with Gasteiger partial charge in [-0.3, -0.25) is 14.4 Å². The normalized spacial score (nSPS) is 30.8. The van der Waals surface area contributed by atoms with Crippen molar-refractivity contribution in [1.29, 1.82) is 0 Å². The number of halogens is 1. The molecule has 202 valence electrons. The largest absolute Gasteiger partial charge is 0.466 e. The molecule has 0 saturated carbocycles. The van der Waals surface area contributed by atoms with E-state index in [1.165, 1.54) is 0 Å². The van der Waals surface area contributed by atoms with Crippen molar-refractivity contribution >= 4 is 45.5 Å². The number of aliphatic hydroxyl groups excluding tert-OH is 1. The lowest BCUT2D eigenvalue weighted by molar-refractivity contribution is -0.154. The van der Waals surface area contributed by atoms with Gasteiger partial charge >= 0.3 is 5.97 Å². The zero-order chi connectivity index (χ0) is 26.7. The maximum atomic E-state index is 14.4. The molecule has 3 heterocycles. The predicted molar refractivity (Wildman–Crippen MR) is 148 cm³/mol. The zero-order valence-electron chi connectivity index (χ0n) is 21.6. The Kier molecular flexibility index (Phi) is 9.07. The van der Waals surface area contributed by atoms with Crippen LogP contribution in [0, 0.1) is 11.8 Å². The first-order valence-electron chi connectivity index (χ1n) is 13.2. The van der Waals surface area contributed by atoms with Gasteiger partial charge in [0.15, 0.2) is 0 Å². The molecule has 3 unspecified atom stereocenters. The maximum absolute atomic E-state index is 14.4. The molecule has 3 aliphatic rings. The molecule has 37 heavy (non-hydrogen) atoms. The Balaban J connectivity index is 1.82. The van der Waals surface area contributed by atoms with Crippen LogP contribution in [0.3, 0.4) is 0 Å². The van der Waals surface area contributed by atoms with Gasteiger partial charge in [0.25, 0.3) is 0 Å². The standard InChI is InChI=1S/C28H37BrN2O5S/c1-4-7-11-15-30(14-5-2)26(34)24-28-16-19(29)23(37-28)21(27(35)36-6-3)22(28)25(33)31(24)20(17-32)18-12-9-8-10-13-18/h5,8-10,12-13,19-24,32H,2,4,6-7,11,14-17H2,1,3H3/t19?,20-,21+,22+,23+,24?,28?/m1/s1. The van der Waals surface area contributed by atoms with Gasteiger partial charge in [0.05, 0.1) is 35.8 Å². The number of hydrogen-bond donors (Lipinski definition) is 1.